The molecule has 1 unspecified atom stereocenters. The van der Waals surface area contributed by atoms with Gasteiger partial charge in [0, 0.05) is 38.1 Å². The molecule has 0 saturated heterocycles. The summed E-state index contributed by atoms with van der Waals surface area (Å²) in [6, 6.07) is 3.98. The van der Waals surface area contributed by atoms with E-state index in [0.717, 1.165) is 32.9 Å². The molecule has 6 heteroatoms. The second kappa shape index (κ2) is 4.49. The van der Waals surface area contributed by atoms with E-state index < -0.39 is 0 Å². The number of fused-ring (bicyclic) bond motifs is 1. The van der Waals surface area contributed by atoms with Gasteiger partial charge in [0.15, 0.2) is 6.67 Å². The van der Waals surface area contributed by atoms with Crippen LogP contribution in [0.3, 0.4) is 0 Å². The Bertz CT molecular complexity index is 573. The Balaban J connectivity index is 1.86. The normalized spacial score (nSPS) is 21.0. The van der Waals surface area contributed by atoms with Crippen LogP contribution < -0.4 is 9.80 Å². The number of hydrogen-bond acceptors (Lipinski definition) is 5. The number of hydrogen-bond donors (Lipinski definition) is 2. The molecule has 0 bridgehead atoms. The van der Waals surface area contributed by atoms with Gasteiger partial charge in [0.1, 0.15) is 17.7 Å². The lowest BCUT2D eigenvalue weighted by Crippen LogP contribution is -3.11. The van der Waals surface area contributed by atoms with Crippen molar-refractivity contribution in [2.24, 2.45) is 4.99 Å². The second-order valence-electron chi connectivity index (χ2n) is 4.76. The summed E-state index contributed by atoms with van der Waals surface area (Å²) in [5.74, 6) is 1.83. The molecule has 0 radical (unpaired) electrons. The third kappa shape index (κ3) is 2.23. The Morgan fingerprint density at radius 2 is 2.21 bits per heavy atom. The molecule has 0 amide bonds. The Kier molecular flexibility index (Phi) is 2.81. The minimum absolute atomic E-state index is 0.474. The van der Waals surface area contributed by atoms with Gasteiger partial charge in [-0.2, -0.15) is 4.99 Å². The fourth-order valence-corrected chi connectivity index (χ4v) is 2.08. The lowest BCUT2D eigenvalue weighted by atomic mass is 10.2. The molecule has 98 valence electrons. The van der Waals surface area contributed by atoms with Gasteiger partial charge in [0.2, 0.25) is 5.84 Å². The van der Waals surface area contributed by atoms with Crippen LogP contribution >= 0.6 is 0 Å². The average Bonchev–Trinajstić information content (AvgIpc) is 2.81. The van der Waals surface area contributed by atoms with Crippen LogP contribution in [0, 0.1) is 0 Å². The number of aliphatic imine (C=N–C) groups is 1. The number of aromatic nitrogens is 1. The van der Waals surface area contributed by atoms with E-state index in [1.807, 2.05) is 49.6 Å². The van der Waals surface area contributed by atoms with E-state index in [0.29, 0.717) is 6.67 Å². The smallest absolute Gasteiger partial charge is 0.234 e. The first kappa shape index (κ1) is 11.9. The number of amidine groups is 1. The third-order valence-corrected chi connectivity index (χ3v) is 3.12. The molecule has 0 fully saturated rings. The van der Waals surface area contributed by atoms with Crippen LogP contribution in [-0.4, -0.2) is 41.9 Å². The predicted octanol–water partition coefficient (Wildman–Crippen LogP) is -0.0810. The molecule has 2 aliphatic heterocycles. The minimum atomic E-state index is 0.474. The van der Waals surface area contributed by atoms with E-state index in [1.165, 1.54) is 0 Å². The van der Waals surface area contributed by atoms with Gasteiger partial charge in [0.25, 0.3) is 0 Å². The van der Waals surface area contributed by atoms with Crippen molar-refractivity contribution in [3.8, 4) is 0 Å². The molecule has 0 spiro atoms. The van der Waals surface area contributed by atoms with Gasteiger partial charge in [0.05, 0.1) is 0 Å². The summed E-state index contributed by atoms with van der Waals surface area (Å²) in [7, 11) is 3.92. The molecule has 0 aliphatic carbocycles. The summed E-state index contributed by atoms with van der Waals surface area (Å²) in [6.07, 6.45) is 7.24. The zero-order chi connectivity index (χ0) is 13.4. The van der Waals surface area contributed by atoms with Crippen molar-refractivity contribution in [3.05, 3.63) is 42.4 Å². The summed E-state index contributed by atoms with van der Waals surface area (Å²) >= 11 is 0. The quantitative estimate of drug-likeness (QED) is 0.779. The number of rotatable bonds is 2. The third-order valence-electron chi connectivity index (χ3n) is 3.12. The van der Waals surface area contributed by atoms with Gasteiger partial charge < -0.3 is 4.90 Å². The number of quaternary nitrogens is 1. The highest BCUT2D eigenvalue weighted by Crippen LogP contribution is 2.18. The predicted molar refractivity (Wildman–Crippen MR) is 72.6 cm³/mol. The fourth-order valence-electron chi connectivity index (χ4n) is 2.08. The Hall–Kier alpha value is -2.18. The van der Waals surface area contributed by atoms with Gasteiger partial charge >= 0.3 is 0 Å². The van der Waals surface area contributed by atoms with Crippen LogP contribution in [0.5, 0.6) is 0 Å². The van der Waals surface area contributed by atoms with Crippen LogP contribution in [-0.2, 0) is 0 Å². The fraction of sp³-hybridized carbons (Fsp3) is 0.231. The van der Waals surface area contributed by atoms with Crippen molar-refractivity contribution in [1.82, 2.24) is 10.0 Å². The van der Waals surface area contributed by atoms with E-state index >= 15 is 0 Å². The van der Waals surface area contributed by atoms with Crippen molar-refractivity contribution in [1.29, 1.82) is 0 Å². The maximum absolute atomic E-state index is 9.43. The number of nitrogens with one attached hydrogen (secondary N) is 1. The summed E-state index contributed by atoms with van der Waals surface area (Å²) in [5.41, 5.74) is 1.88. The molecule has 1 aromatic rings. The SMILES string of the molecule is CN(C)c1ccc(C2=C[NH+]3CN(O)C=CC3=N2)cn1. The van der Waals surface area contributed by atoms with Crippen LogP contribution in [0.4, 0.5) is 5.82 Å². The van der Waals surface area contributed by atoms with Crippen molar-refractivity contribution in [2.75, 3.05) is 25.7 Å². The summed E-state index contributed by atoms with van der Waals surface area (Å²) in [5, 5.41) is 10.6. The molecule has 0 aromatic carbocycles. The van der Waals surface area contributed by atoms with E-state index in [-0.39, 0.29) is 0 Å². The standard InChI is InChI=1S/C13H15N5O/c1-16(2)12-4-3-10(7-14-12)11-8-17-9-18(19)6-5-13(17)15-11/h3-8,19H,9H2,1-2H3/p+1. The highest BCUT2D eigenvalue weighted by atomic mass is 16.5. The Morgan fingerprint density at radius 1 is 1.37 bits per heavy atom. The highest BCUT2D eigenvalue weighted by molar-refractivity contribution is 5.93. The zero-order valence-corrected chi connectivity index (χ0v) is 10.9. The zero-order valence-electron chi connectivity index (χ0n) is 10.9. The lowest BCUT2D eigenvalue weighted by Gasteiger charge is -2.19. The minimum Gasteiger partial charge on any atom is -0.363 e. The molecule has 3 heterocycles. The van der Waals surface area contributed by atoms with E-state index in [2.05, 4.69) is 9.98 Å². The molecule has 3 rings (SSSR count). The molecule has 0 saturated carbocycles. The van der Waals surface area contributed by atoms with Gasteiger partial charge in [-0.15, -0.1) is 0 Å². The van der Waals surface area contributed by atoms with Gasteiger partial charge in [-0.05, 0) is 12.1 Å². The van der Waals surface area contributed by atoms with Gasteiger partial charge in [-0.3, -0.25) is 5.21 Å². The Morgan fingerprint density at radius 3 is 2.89 bits per heavy atom. The molecule has 1 aromatic heterocycles. The van der Waals surface area contributed by atoms with E-state index in [9.17, 15) is 5.21 Å². The summed E-state index contributed by atoms with van der Waals surface area (Å²) < 4.78 is 0. The molecular formula is C13H16N5O+. The van der Waals surface area contributed by atoms with E-state index in [4.69, 9.17) is 0 Å². The monoisotopic (exact) mass is 258 g/mol. The number of pyridine rings is 1. The first-order valence-electron chi connectivity index (χ1n) is 6.07. The second-order valence-corrected chi connectivity index (χ2v) is 4.76. The van der Waals surface area contributed by atoms with Crippen LogP contribution in [0.25, 0.3) is 5.70 Å². The number of nitrogens with zero attached hydrogens (tertiary/aromatic N) is 4. The largest absolute Gasteiger partial charge is 0.363 e. The van der Waals surface area contributed by atoms with Crippen LogP contribution in [0.1, 0.15) is 5.56 Å². The molecular weight excluding hydrogens is 242 g/mol. The molecule has 6 nitrogen and oxygen atoms in total. The van der Waals surface area contributed by atoms with Crippen molar-refractivity contribution in [3.63, 3.8) is 0 Å². The first-order valence-corrected chi connectivity index (χ1v) is 6.07. The molecule has 19 heavy (non-hydrogen) atoms. The molecule has 1 atom stereocenters. The topological polar surface area (TPSA) is 56.4 Å². The number of anilines is 1. The maximum Gasteiger partial charge on any atom is 0.234 e. The van der Waals surface area contributed by atoms with Crippen molar-refractivity contribution in [2.45, 2.75) is 0 Å². The van der Waals surface area contributed by atoms with Crippen LogP contribution in [0.2, 0.25) is 0 Å². The van der Waals surface area contributed by atoms with Crippen molar-refractivity contribution >= 4 is 17.4 Å². The summed E-state index contributed by atoms with van der Waals surface area (Å²) in [6.45, 7) is 0.474. The highest BCUT2D eigenvalue weighted by Gasteiger charge is 2.26. The lowest BCUT2D eigenvalue weighted by molar-refractivity contribution is -0.765. The number of hydroxylamine groups is 2. The Labute approximate surface area is 111 Å². The van der Waals surface area contributed by atoms with Gasteiger partial charge in [-0.25, -0.2) is 14.9 Å². The van der Waals surface area contributed by atoms with Gasteiger partial charge in [-0.1, -0.05) is 0 Å². The van der Waals surface area contributed by atoms with Crippen molar-refractivity contribution < 1.29 is 10.1 Å². The van der Waals surface area contributed by atoms with Crippen LogP contribution in [0.15, 0.2) is 41.8 Å². The average molecular weight is 258 g/mol. The molecule has 2 aliphatic rings. The molecule has 2 N–H and O–H groups in total. The summed E-state index contributed by atoms with van der Waals surface area (Å²) in [4.78, 5) is 11.9. The maximum atomic E-state index is 9.43. The van der Waals surface area contributed by atoms with E-state index in [1.54, 1.807) is 6.20 Å². The first-order chi connectivity index (χ1) is 9.13.